The Morgan fingerprint density at radius 3 is 2.33 bits per heavy atom. The van der Waals surface area contributed by atoms with Crippen LogP contribution >= 0.6 is 0 Å². The van der Waals surface area contributed by atoms with Gasteiger partial charge in [-0.25, -0.2) is 4.79 Å². The highest BCUT2D eigenvalue weighted by molar-refractivity contribution is 5.66. The molecule has 0 atom stereocenters. The standard InChI is InChI=1S/C8H13NO3/c1-8(6-10)2-4-9(5-3-8)7(11)12/h6H,2-5H2,1H3,(H,11,12). The molecule has 1 fully saturated rings. The Bertz CT molecular complexity index is 194. The molecule has 0 spiro atoms. The minimum Gasteiger partial charge on any atom is -0.465 e. The van der Waals surface area contributed by atoms with Gasteiger partial charge in [-0.05, 0) is 12.8 Å². The molecule has 0 aromatic carbocycles. The van der Waals surface area contributed by atoms with Crippen molar-refractivity contribution in [3.8, 4) is 0 Å². The van der Waals surface area contributed by atoms with Gasteiger partial charge < -0.3 is 14.8 Å². The smallest absolute Gasteiger partial charge is 0.407 e. The zero-order valence-corrected chi connectivity index (χ0v) is 7.12. The lowest BCUT2D eigenvalue weighted by atomic mass is 9.82. The lowest BCUT2D eigenvalue weighted by molar-refractivity contribution is -0.117. The summed E-state index contributed by atoms with van der Waals surface area (Å²) in [6.07, 6.45) is 1.33. The third-order valence-electron chi connectivity index (χ3n) is 2.46. The van der Waals surface area contributed by atoms with Crippen molar-refractivity contribution in [2.75, 3.05) is 13.1 Å². The van der Waals surface area contributed by atoms with Crippen LogP contribution in [0.4, 0.5) is 4.79 Å². The molecule has 12 heavy (non-hydrogen) atoms. The van der Waals surface area contributed by atoms with Crippen LogP contribution in [0.15, 0.2) is 0 Å². The van der Waals surface area contributed by atoms with E-state index < -0.39 is 6.09 Å². The first-order chi connectivity index (χ1) is 5.57. The molecule has 0 aromatic rings. The zero-order chi connectivity index (χ0) is 9.19. The average molecular weight is 171 g/mol. The molecule has 1 N–H and O–H groups in total. The van der Waals surface area contributed by atoms with Crippen LogP contribution in [0.1, 0.15) is 19.8 Å². The SMILES string of the molecule is CC1(C=O)CCN(C(=O)O)CC1. The predicted molar refractivity (Wildman–Crippen MR) is 43.0 cm³/mol. The van der Waals surface area contributed by atoms with E-state index in [0.717, 1.165) is 6.29 Å². The molecule has 4 nitrogen and oxygen atoms in total. The van der Waals surface area contributed by atoms with Crippen LogP contribution in [-0.2, 0) is 4.79 Å². The summed E-state index contributed by atoms with van der Waals surface area (Å²) in [5.74, 6) is 0. The monoisotopic (exact) mass is 171 g/mol. The van der Waals surface area contributed by atoms with Gasteiger partial charge in [0.2, 0.25) is 0 Å². The Kier molecular flexibility index (Phi) is 2.35. The van der Waals surface area contributed by atoms with Gasteiger partial charge in [-0.2, -0.15) is 0 Å². The molecule has 0 aliphatic carbocycles. The fourth-order valence-electron chi connectivity index (χ4n) is 1.33. The van der Waals surface area contributed by atoms with Crippen molar-refractivity contribution in [2.45, 2.75) is 19.8 Å². The molecule has 1 amide bonds. The molecule has 1 aliphatic heterocycles. The first-order valence-electron chi connectivity index (χ1n) is 4.02. The molecule has 0 radical (unpaired) electrons. The molecule has 0 bridgehead atoms. The van der Waals surface area contributed by atoms with Crippen molar-refractivity contribution in [2.24, 2.45) is 5.41 Å². The third-order valence-corrected chi connectivity index (χ3v) is 2.46. The first-order valence-corrected chi connectivity index (χ1v) is 4.02. The van der Waals surface area contributed by atoms with Crippen LogP contribution in [-0.4, -0.2) is 35.5 Å². The Balaban J connectivity index is 2.49. The topological polar surface area (TPSA) is 57.6 Å². The molecular weight excluding hydrogens is 158 g/mol. The molecule has 0 unspecified atom stereocenters. The van der Waals surface area contributed by atoms with Crippen molar-refractivity contribution >= 4 is 12.4 Å². The van der Waals surface area contributed by atoms with Crippen LogP contribution in [0, 0.1) is 5.41 Å². The maximum Gasteiger partial charge on any atom is 0.407 e. The Labute approximate surface area is 71.2 Å². The molecular formula is C8H13NO3. The highest BCUT2D eigenvalue weighted by atomic mass is 16.4. The summed E-state index contributed by atoms with van der Waals surface area (Å²) in [4.78, 5) is 22.4. The number of rotatable bonds is 1. The highest BCUT2D eigenvalue weighted by Gasteiger charge is 2.31. The zero-order valence-electron chi connectivity index (χ0n) is 7.12. The van der Waals surface area contributed by atoms with Crippen molar-refractivity contribution < 1.29 is 14.7 Å². The van der Waals surface area contributed by atoms with Gasteiger partial charge >= 0.3 is 6.09 Å². The van der Waals surface area contributed by atoms with E-state index in [1.807, 2.05) is 6.92 Å². The number of amides is 1. The number of nitrogens with zero attached hydrogens (tertiary/aromatic N) is 1. The minimum atomic E-state index is -0.886. The average Bonchev–Trinajstić information content (AvgIpc) is 2.05. The first kappa shape index (κ1) is 9.03. The largest absolute Gasteiger partial charge is 0.465 e. The van der Waals surface area contributed by atoms with E-state index in [1.165, 1.54) is 4.90 Å². The van der Waals surface area contributed by atoms with Crippen LogP contribution in [0.3, 0.4) is 0 Å². The van der Waals surface area contributed by atoms with Crippen LogP contribution in [0.25, 0.3) is 0 Å². The summed E-state index contributed by atoms with van der Waals surface area (Å²) in [6.45, 7) is 2.83. The number of aldehydes is 1. The molecule has 1 heterocycles. The van der Waals surface area contributed by atoms with Gasteiger partial charge in [0.1, 0.15) is 6.29 Å². The number of carboxylic acid groups (broad SMARTS) is 1. The van der Waals surface area contributed by atoms with E-state index >= 15 is 0 Å². The predicted octanol–water partition coefficient (Wildman–Crippen LogP) is 0.965. The number of carbonyl (C=O) groups is 2. The van der Waals surface area contributed by atoms with Gasteiger partial charge in [0.05, 0.1) is 0 Å². The number of hydrogen-bond donors (Lipinski definition) is 1. The number of hydrogen-bond acceptors (Lipinski definition) is 2. The quantitative estimate of drug-likeness (QED) is 0.598. The fourth-order valence-corrected chi connectivity index (χ4v) is 1.33. The number of carbonyl (C=O) groups excluding carboxylic acids is 1. The van der Waals surface area contributed by atoms with Crippen molar-refractivity contribution in [1.29, 1.82) is 0 Å². The molecule has 1 saturated heterocycles. The summed E-state index contributed by atoms with van der Waals surface area (Å²) < 4.78 is 0. The summed E-state index contributed by atoms with van der Waals surface area (Å²) in [7, 11) is 0. The molecule has 68 valence electrons. The Morgan fingerprint density at radius 2 is 2.00 bits per heavy atom. The minimum absolute atomic E-state index is 0.300. The second-order valence-electron chi connectivity index (χ2n) is 3.54. The van der Waals surface area contributed by atoms with Gasteiger partial charge in [0.15, 0.2) is 0 Å². The molecule has 0 saturated carbocycles. The molecule has 4 heteroatoms. The molecule has 1 rings (SSSR count). The van der Waals surface area contributed by atoms with Gasteiger partial charge in [-0.15, -0.1) is 0 Å². The summed E-state index contributed by atoms with van der Waals surface area (Å²) in [5, 5.41) is 8.62. The normalized spacial score (nSPS) is 21.9. The molecule has 0 aromatic heterocycles. The van der Waals surface area contributed by atoms with Crippen LogP contribution in [0.2, 0.25) is 0 Å². The van der Waals surface area contributed by atoms with Gasteiger partial charge in [-0.1, -0.05) is 6.92 Å². The summed E-state index contributed by atoms with van der Waals surface area (Å²) >= 11 is 0. The van der Waals surface area contributed by atoms with Crippen molar-refractivity contribution in [1.82, 2.24) is 4.90 Å². The van der Waals surface area contributed by atoms with Gasteiger partial charge in [-0.3, -0.25) is 0 Å². The second-order valence-corrected chi connectivity index (χ2v) is 3.54. The third kappa shape index (κ3) is 1.75. The van der Waals surface area contributed by atoms with Gasteiger partial charge in [0, 0.05) is 18.5 Å². The van der Waals surface area contributed by atoms with E-state index in [1.54, 1.807) is 0 Å². The van der Waals surface area contributed by atoms with Crippen LogP contribution < -0.4 is 0 Å². The van der Waals surface area contributed by atoms with Crippen LogP contribution in [0.5, 0.6) is 0 Å². The van der Waals surface area contributed by atoms with E-state index in [9.17, 15) is 9.59 Å². The van der Waals surface area contributed by atoms with Gasteiger partial charge in [0.25, 0.3) is 0 Å². The maximum atomic E-state index is 10.6. The Morgan fingerprint density at radius 1 is 1.50 bits per heavy atom. The lowest BCUT2D eigenvalue weighted by Gasteiger charge is -2.33. The molecule has 1 aliphatic rings. The highest BCUT2D eigenvalue weighted by Crippen LogP contribution is 2.27. The Hall–Kier alpha value is -1.06. The fraction of sp³-hybridized carbons (Fsp3) is 0.750. The number of likely N-dealkylation sites (tertiary alicyclic amines) is 1. The summed E-state index contributed by atoms with van der Waals surface area (Å²) in [6, 6.07) is 0. The van der Waals surface area contributed by atoms with Crippen molar-refractivity contribution in [3.05, 3.63) is 0 Å². The van der Waals surface area contributed by atoms with Crippen molar-refractivity contribution in [3.63, 3.8) is 0 Å². The van der Waals surface area contributed by atoms with E-state index in [4.69, 9.17) is 5.11 Å². The maximum absolute atomic E-state index is 10.6. The van der Waals surface area contributed by atoms with E-state index in [2.05, 4.69) is 0 Å². The second kappa shape index (κ2) is 3.13. The van der Waals surface area contributed by atoms with E-state index in [0.29, 0.717) is 25.9 Å². The lowest BCUT2D eigenvalue weighted by Crippen LogP contribution is -2.41. The van der Waals surface area contributed by atoms with E-state index in [-0.39, 0.29) is 5.41 Å². The summed E-state index contributed by atoms with van der Waals surface area (Å²) in [5.41, 5.74) is -0.300. The number of piperidine rings is 1.